The van der Waals surface area contributed by atoms with Gasteiger partial charge < -0.3 is 14.8 Å². The number of hydrogen-bond acceptors (Lipinski definition) is 8. The number of nitrogens with one attached hydrogen (secondary N) is 1. The van der Waals surface area contributed by atoms with Crippen LogP contribution in [0.1, 0.15) is 18.7 Å². The maximum absolute atomic E-state index is 4.73. The quantitative estimate of drug-likeness (QED) is 0.725. The summed E-state index contributed by atoms with van der Waals surface area (Å²) in [6.07, 6.45) is 6.10. The Labute approximate surface area is 132 Å². The molecule has 0 atom stereocenters. The molecular formula is C14H18N8O. The molecule has 0 spiro atoms. The van der Waals surface area contributed by atoms with Crippen LogP contribution in [0.5, 0.6) is 0 Å². The molecule has 1 N–H and O–H groups in total. The Bertz CT molecular complexity index is 821. The molecule has 1 aliphatic carbocycles. The fourth-order valence-corrected chi connectivity index (χ4v) is 2.42. The van der Waals surface area contributed by atoms with E-state index in [4.69, 9.17) is 4.63 Å². The van der Waals surface area contributed by atoms with E-state index in [1.807, 2.05) is 26.4 Å². The first-order valence-electron chi connectivity index (χ1n) is 7.66. The molecule has 1 saturated carbocycles. The average molecular weight is 314 g/mol. The molecule has 0 amide bonds. The molecule has 9 heteroatoms. The first-order chi connectivity index (χ1) is 11.2. The number of hydrogen-bond donors (Lipinski definition) is 1. The number of anilines is 2. The van der Waals surface area contributed by atoms with Crippen LogP contribution >= 0.6 is 0 Å². The van der Waals surface area contributed by atoms with E-state index in [2.05, 4.69) is 40.0 Å². The van der Waals surface area contributed by atoms with Gasteiger partial charge in [0, 0.05) is 38.6 Å². The van der Waals surface area contributed by atoms with Gasteiger partial charge in [-0.15, -0.1) is 0 Å². The molecule has 1 aliphatic rings. The summed E-state index contributed by atoms with van der Waals surface area (Å²) in [5, 5.41) is 11.0. The fourth-order valence-electron chi connectivity index (χ4n) is 2.42. The van der Waals surface area contributed by atoms with Gasteiger partial charge in [0.2, 0.25) is 11.3 Å². The number of rotatable bonds is 6. The van der Waals surface area contributed by atoms with E-state index in [0.29, 0.717) is 17.3 Å². The standard InChI is InChI=1S/C14H18N8O/c1-9-15-5-6-22(9)8-7-21(2)14-13(16-10-3-4-10)17-11-12(18-14)20-23-19-11/h5-6,10H,3-4,7-8H2,1-2H3,(H,16,17,19). The Morgan fingerprint density at radius 1 is 1.30 bits per heavy atom. The lowest BCUT2D eigenvalue weighted by Crippen LogP contribution is -2.25. The lowest BCUT2D eigenvalue weighted by molar-refractivity contribution is 0.314. The third-order valence-electron chi connectivity index (χ3n) is 3.98. The zero-order chi connectivity index (χ0) is 15.8. The summed E-state index contributed by atoms with van der Waals surface area (Å²) in [4.78, 5) is 15.3. The highest BCUT2D eigenvalue weighted by molar-refractivity contribution is 5.74. The highest BCUT2D eigenvalue weighted by atomic mass is 16.6. The molecule has 0 unspecified atom stereocenters. The van der Waals surface area contributed by atoms with Crippen LogP contribution in [0.2, 0.25) is 0 Å². The molecule has 4 rings (SSSR count). The predicted octanol–water partition coefficient (Wildman–Crippen LogP) is 1.23. The zero-order valence-corrected chi connectivity index (χ0v) is 13.1. The Morgan fingerprint density at radius 2 is 2.09 bits per heavy atom. The fraction of sp³-hybridized carbons (Fsp3) is 0.500. The van der Waals surface area contributed by atoms with Crippen LogP contribution in [0.15, 0.2) is 17.0 Å². The first kappa shape index (κ1) is 13.9. The second-order valence-electron chi connectivity index (χ2n) is 5.82. The van der Waals surface area contributed by atoms with Crippen LogP contribution in [-0.4, -0.2) is 49.5 Å². The normalized spacial score (nSPS) is 14.3. The minimum Gasteiger partial charge on any atom is -0.364 e. The van der Waals surface area contributed by atoms with Crippen molar-refractivity contribution >= 4 is 22.9 Å². The second kappa shape index (κ2) is 5.49. The van der Waals surface area contributed by atoms with Crippen molar-refractivity contribution < 1.29 is 4.63 Å². The van der Waals surface area contributed by atoms with Crippen LogP contribution in [0, 0.1) is 6.92 Å². The first-order valence-corrected chi connectivity index (χ1v) is 7.66. The SMILES string of the molecule is Cc1nccn1CCN(C)c1nc2nonc2nc1NC1CC1. The molecule has 3 aromatic rings. The largest absolute Gasteiger partial charge is 0.364 e. The van der Waals surface area contributed by atoms with Crippen molar-refractivity contribution in [2.75, 3.05) is 23.8 Å². The summed E-state index contributed by atoms with van der Waals surface area (Å²) in [6.45, 7) is 3.59. The van der Waals surface area contributed by atoms with Gasteiger partial charge in [-0.3, -0.25) is 0 Å². The maximum Gasteiger partial charge on any atom is 0.245 e. The summed E-state index contributed by atoms with van der Waals surface area (Å²) in [6, 6.07) is 0.477. The number of fused-ring (bicyclic) bond motifs is 1. The lowest BCUT2D eigenvalue weighted by atomic mass is 10.4. The number of imidazole rings is 1. The third-order valence-corrected chi connectivity index (χ3v) is 3.98. The van der Waals surface area contributed by atoms with Gasteiger partial charge in [-0.1, -0.05) is 0 Å². The smallest absolute Gasteiger partial charge is 0.245 e. The zero-order valence-electron chi connectivity index (χ0n) is 13.1. The molecule has 0 radical (unpaired) electrons. The van der Waals surface area contributed by atoms with Crippen LogP contribution in [-0.2, 0) is 6.54 Å². The van der Waals surface area contributed by atoms with Crippen molar-refractivity contribution in [3.63, 3.8) is 0 Å². The molecular weight excluding hydrogens is 296 g/mol. The van der Waals surface area contributed by atoms with Gasteiger partial charge in [0.25, 0.3) is 0 Å². The van der Waals surface area contributed by atoms with Crippen LogP contribution < -0.4 is 10.2 Å². The number of nitrogens with zero attached hydrogens (tertiary/aromatic N) is 7. The van der Waals surface area contributed by atoms with Gasteiger partial charge in [-0.2, -0.15) is 0 Å². The van der Waals surface area contributed by atoms with E-state index in [1.165, 1.54) is 0 Å². The molecule has 23 heavy (non-hydrogen) atoms. The average Bonchev–Trinajstić information content (AvgIpc) is 3.07. The Kier molecular flexibility index (Phi) is 3.32. The summed E-state index contributed by atoms with van der Waals surface area (Å²) >= 11 is 0. The topological polar surface area (TPSA) is 97.8 Å². The number of aromatic nitrogens is 6. The van der Waals surface area contributed by atoms with E-state index < -0.39 is 0 Å². The van der Waals surface area contributed by atoms with Gasteiger partial charge in [-0.05, 0) is 30.1 Å². The minimum atomic E-state index is 0.423. The maximum atomic E-state index is 4.73. The van der Waals surface area contributed by atoms with Crippen LogP contribution in [0.25, 0.3) is 11.3 Å². The highest BCUT2D eigenvalue weighted by Crippen LogP contribution is 2.29. The van der Waals surface area contributed by atoms with Crippen LogP contribution in [0.3, 0.4) is 0 Å². The predicted molar refractivity (Wildman–Crippen MR) is 84.3 cm³/mol. The monoisotopic (exact) mass is 314 g/mol. The van der Waals surface area contributed by atoms with Crippen molar-refractivity contribution in [2.45, 2.75) is 32.4 Å². The molecule has 3 heterocycles. The molecule has 1 fully saturated rings. The third kappa shape index (κ3) is 2.81. The number of likely N-dealkylation sites (N-methyl/N-ethyl adjacent to an activating group) is 1. The molecule has 0 aliphatic heterocycles. The van der Waals surface area contributed by atoms with E-state index >= 15 is 0 Å². The van der Waals surface area contributed by atoms with E-state index in [1.54, 1.807) is 0 Å². The Morgan fingerprint density at radius 3 is 2.78 bits per heavy atom. The van der Waals surface area contributed by atoms with Crippen molar-refractivity contribution in [2.24, 2.45) is 0 Å². The molecule has 0 aromatic carbocycles. The van der Waals surface area contributed by atoms with Crippen molar-refractivity contribution in [1.82, 2.24) is 29.8 Å². The van der Waals surface area contributed by atoms with Crippen molar-refractivity contribution in [3.8, 4) is 0 Å². The Balaban J connectivity index is 1.58. The number of aryl methyl sites for hydroxylation is 1. The molecule has 9 nitrogen and oxygen atoms in total. The summed E-state index contributed by atoms with van der Waals surface area (Å²) in [7, 11) is 1.99. The summed E-state index contributed by atoms with van der Waals surface area (Å²) in [5.41, 5.74) is 0.850. The highest BCUT2D eigenvalue weighted by Gasteiger charge is 2.25. The second-order valence-corrected chi connectivity index (χ2v) is 5.82. The lowest BCUT2D eigenvalue weighted by Gasteiger charge is -2.21. The molecule has 0 bridgehead atoms. The van der Waals surface area contributed by atoms with Gasteiger partial charge >= 0.3 is 0 Å². The van der Waals surface area contributed by atoms with E-state index in [0.717, 1.165) is 43.4 Å². The van der Waals surface area contributed by atoms with E-state index in [-0.39, 0.29) is 0 Å². The van der Waals surface area contributed by atoms with Gasteiger partial charge in [-0.25, -0.2) is 19.6 Å². The van der Waals surface area contributed by atoms with E-state index in [9.17, 15) is 0 Å². The van der Waals surface area contributed by atoms with Crippen molar-refractivity contribution in [3.05, 3.63) is 18.2 Å². The molecule has 3 aromatic heterocycles. The van der Waals surface area contributed by atoms with Gasteiger partial charge in [0.05, 0.1) is 0 Å². The van der Waals surface area contributed by atoms with Crippen LogP contribution in [0.4, 0.5) is 11.6 Å². The van der Waals surface area contributed by atoms with Gasteiger partial charge in [0.15, 0.2) is 11.6 Å². The Hall–Kier alpha value is -2.71. The summed E-state index contributed by atoms with van der Waals surface area (Å²) in [5.74, 6) is 2.50. The summed E-state index contributed by atoms with van der Waals surface area (Å²) < 4.78 is 6.83. The van der Waals surface area contributed by atoms with Gasteiger partial charge in [0.1, 0.15) is 5.82 Å². The minimum absolute atomic E-state index is 0.423. The molecule has 120 valence electrons. The molecule has 0 saturated heterocycles. The van der Waals surface area contributed by atoms with Crippen molar-refractivity contribution in [1.29, 1.82) is 0 Å².